The fourth-order valence-electron chi connectivity index (χ4n) is 7.64. The van der Waals surface area contributed by atoms with Gasteiger partial charge in [-0.2, -0.15) is 5.01 Å². The molecule has 3 atom stereocenters. The van der Waals surface area contributed by atoms with Gasteiger partial charge in [-0.3, -0.25) is 19.6 Å². The monoisotopic (exact) mass is 745 g/mol. The molecule has 3 aliphatic heterocycles. The number of benzene rings is 3. The van der Waals surface area contributed by atoms with Crippen LogP contribution in [0, 0.1) is 11.8 Å². The first-order valence-corrected chi connectivity index (χ1v) is 19.3. The maximum Gasteiger partial charge on any atom is 0.407 e. The number of fused-ring (bicyclic) bond motifs is 1. The third kappa shape index (κ3) is 8.94. The summed E-state index contributed by atoms with van der Waals surface area (Å²) in [7, 11) is 3.34. The minimum absolute atomic E-state index is 0.0275. The second-order valence-electron chi connectivity index (χ2n) is 15.6. The Hall–Kier alpha value is -5.42. The molecule has 55 heavy (non-hydrogen) atoms. The first-order valence-electron chi connectivity index (χ1n) is 19.3. The summed E-state index contributed by atoms with van der Waals surface area (Å²) in [4.78, 5) is 46.4. The number of likely N-dealkylation sites (N-methyl/N-ethyl adjacent to an activating group) is 1. The molecule has 1 saturated heterocycles. The summed E-state index contributed by atoms with van der Waals surface area (Å²) in [6.45, 7) is 15.7. The molecule has 3 aromatic carbocycles. The van der Waals surface area contributed by atoms with Crippen LogP contribution in [0.1, 0.15) is 65.0 Å². The third-order valence-electron chi connectivity index (χ3n) is 10.7. The third-order valence-corrected chi connectivity index (χ3v) is 10.7. The number of carbonyl (C=O) groups excluding carboxylic acids is 3. The van der Waals surface area contributed by atoms with Crippen LogP contribution in [0.5, 0.6) is 0 Å². The standard InChI is InChI=1S/C44H55N7O4/c1-28(2)20-41(52)50-26-30(5)21-40(50)48(7)51-27-39(51)32-13-11-31(12-14-32)33-15-16-35-23-36(18-17-34(35)22-33)38(25-45-6)46-24-37-10-9-19-49(37)43(53)42(29(3)4)47-44(54)55-8/h11-18,21-23,25,27-29,37,40,42,46H,6,9-10,19-20,24,26H2,1-5,7-8H3,(H,47,54)/b38-25-/t37?,40-,42?,51?/m0/s1. The molecule has 11 heteroatoms. The van der Waals surface area contributed by atoms with Crippen LogP contribution in [-0.4, -0.2) is 96.5 Å². The summed E-state index contributed by atoms with van der Waals surface area (Å²) in [6.07, 6.45) is 7.63. The summed E-state index contributed by atoms with van der Waals surface area (Å²) in [5.41, 5.74) is 7.53. The number of likely N-dealkylation sites (tertiary alicyclic amines) is 1. The zero-order valence-electron chi connectivity index (χ0n) is 33.2. The Bertz CT molecular complexity index is 2020. The zero-order chi connectivity index (χ0) is 39.4. The molecule has 3 heterocycles. The lowest BCUT2D eigenvalue weighted by Gasteiger charge is -2.34. The molecule has 6 rings (SSSR count). The molecule has 0 saturated carbocycles. The Labute approximate surface area is 325 Å². The predicted molar refractivity (Wildman–Crippen MR) is 220 cm³/mol. The summed E-state index contributed by atoms with van der Waals surface area (Å²) in [6, 6.07) is 20.8. The van der Waals surface area contributed by atoms with Gasteiger partial charge in [0.1, 0.15) is 12.2 Å². The Morgan fingerprint density at radius 1 is 0.982 bits per heavy atom. The van der Waals surface area contributed by atoms with Crippen molar-refractivity contribution in [3.8, 4) is 11.1 Å². The number of rotatable bonds is 14. The van der Waals surface area contributed by atoms with Gasteiger partial charge in [0.2, 0.25) is 11.8 Å². The minimum Gasteiger partial charge on any atom is -0.453 e. The average molecular weight is 746 g/mol. The number of nitrogens with zero attached hydrogens (tertiary/aromatic N) is 5. The number of methoxy groups -OCH3 is 1. The van der Waals surface area contributed by atoms with Gasteiger partial charge in [-0.15, -0.1) is 0 Å². The quantitative estimate of drug-likeness (QED) is 0.134. The van der Waals surface area contributed by atoms with E-state index in [9.17, 15) is 14.4 Å². The van der Waals surface area contributed by atoms with Gasteiger partial charge in [-0.1, -0.05) is 81.8 Å². The molecule has 1 fully saturated rings. The van der Waals surface area contributed by atoms with Crippen LogP contribution >= 0.6 is 0 Å². The summed E-state index contributed by atoms with van der Waals surface area (Å²) < 4.78 is 4.77. The minimum atomic E-state index is -0.655. The van der Waals surface area contributed by atoms with Crippen molar-refractivity contribution in [1.29, 1.82) is 0 Å². The molecule has 2 N–H and O–H groups in total. The van der Waals surface area contributed by atoms with Crippen LogP contribution in [0.15, 0.2) is 89.7 Å². The van der Waals surface area contributed by atoms with Crippen molar-refractivity contribution in [2.24, 2.45) is 16.8 Å². The van der Waals surface area contributed by atoms with E-state index in [1.165, 1.54) is 12.7 Å². The molecule has 3 aliphatic rings. The van der Waals surface area contributed by atoms with E-state index in [2.05, 4.69) is 126 Å². The van der Waals surface area contributed by atoms with Gasteiger partial charge in [0.05, 0.1) is 18.5 Å². The van der Waals surface area contributed by atoms with Crippen molar-refractivity contribution < 1.29 is 19.1 Å². The molecule has 3 amide bonds. The van der Waals surface area contributed by atoms with E-state index in [-0.39, 0.29) is 29.9 Å². The summed E-state index contributed by atoms with van der Waals surface area (Å²) in [5, 5.41) is 12.7. The van der Waals surface area contributed by atoms with Crippen LogP contribution in [0.25, 0.3) is 33.3 Å². The summed E-state index contributed by atoms with van der Waals surface area (Å²) in [5.74, 6) is 0.337. The fraction of sp³-hybridized carbons (Fsp3) is 0.409. The molecule has 0 spiro atoms. The first kappa shape index (κ1) is 39.3. The van der Waals surface area contributed by atoms with Crippen LogP contribution in [0.2, 0.25) is 0 Å². The van der Waals surface area contributed by atoms with E-state index >= 15 is 0 Å². The number of hydrazine groups is 1. The Morgan fingerprint density at radius 3 is 2.36 bits per heavy atom. The van der Waals surface area contributed by atoms with Crippen molar-refractivity contribution in [2.75, 3.05) is 33.8 Å². The highest BCUT2D eigenvalue weighted by molar-refractivity contribution is 5.90. The van der Waals surface area contributed by atoms with Crippen LogP contribution in [0.4, 0.5) is 4.79 Å². The number of carbonyl (C=O) groups is 3. The highest BCUT2D eigenvalue weighted by atomic mass is 16.5. The number of hydrogen-bond acceptors (Lipinski definition) is 8. The largest absolute Gasteiger partial charge is 0.453 e. The Morgan fingerprint density at radius 2 is 1.67 bits per heavy atom. The molecule has 0 radical (unpaired) electrons. The molecule has 0 aliphatic carbocycles. The van der Waals surface area contributed by atoms with E-state index in [0.717, 1.165) is 57.3 Å². The van der Waals surface area contributed by atoms with Crippen LogP contribution in [-0.2, 0) is 14.3 Å². The molecule has 290 valence electrons. The van der Waals surface area contributed by atoms with Crippen molar-refractivity contribution >= 4 is 46.8 Å². The lowest BCUT2D eigenvalue weighted by molar-refractivity contribution is -0.137. The van der Waals surface area contributed by atoms with Crippen molar-refractivity contribution in [3.63, 3.8) is 0 Å². The van der Waals surface area contributed by atoms with E-state index in [0.29, 0.717) is 32.0 Å². The number of nitrogens with one attached hydrogen (secondary N) is 2. The van der Waals surface area contributed by atoms with Crippen LogP contribution in [0.3, 0.4) is 0 Å². The second-order valence-corrected chi connectivity index (χ2v) is 15.6. The van der Waals surface area contributed by atoms with Crippen molar-refractivity contribution in [3.05, 3.63) is 95.8 Å². The van der Waals surface area contributed by atoms with Gasteiger partial charge in [0.25, 0.3) is 0 Å². The van der Waals surface area contributed by atoms with E-state index in [1.807, 2.05) is 30.7 Å². The number of alkyl carbamates (subject to hydrolysis) is 1. The van der Waals surface area contributed by atoms with Gasteiger partial charge >= 0.3 is 6.09 Å². The second kappa shape index (κ2) is 16.9. The normalized spacial score (nSPS) is 18.9. The van der Waals surface area contributed by atoms with Crippen LogP contribution < -0.4 is 10.6 Å². The van der Waals surface area contributed by atoms with E-state index in [1.54, 1.807) is 6.20 Å². The van der Waals surface area contributed by atoms with Gasteiger partial charge in [0, 0.05) is 57.1 Å². The van der Waals surface area contributed by atoms with Gasteiger partial charge < -0.3 is 25.2 Å². The van der Waals surface area contributed by atoms with E-state index in [4.69, 9.17) is 4.74 Å². The lowest BCUT2D eigenvalue weighted by Crippen LogP contribution is -2.53. The maximum atomic E-state index is 13.5. The molecule has 0 bridgehead atoms. The zero-order valence-corrected chi connectivity index (χ0v) is 33.2. The van der Waals surface area contributed by atoms with Crippen molar-refractivity contribution in [2.45, 2.75) is 72.1 Å². The van der Waals surface area contributed by atoms with Gasteiger partial charge in [-0.25, -0.2) is 4.79 Å². The Balaban J connectivity index is 1.09. The molecule has 3 aromatic rings. The number of amides is 3. The number of ether oxygens (including phenoxy) is 1. The molecule has 11 nitrogen and oxygen atoms in total. The number of aliphatic imine (C=N–C) groups is 1. The highest BCUT2D eigenvalue weighted by Crippen LogP contribution is 2.37. The molecule has 2 unspecified atom stereocenters. The fourth-order valence-corrected chi connectivity index (χ4v) is 7.64. The van der Waals surface area contributed by atoms with E-state index < -0.39 is 12.1 Å². The highest BCUT2D eigenvalue weighted by Gasteiger charge is 2.38. The van der Waals surface area contributed by atoms with Gasteiger partial charge in [0.15, 0.2) is 0 Å². The lowest BCUT2D eigenvalue weighted by atomic mass is 9.98. The molecule has 0 aromatic heterocycles. The predicted octanol–water partition coefficient (Wildman–Crippen LogP) is 7.09. The SMILES string of the molecule is C=N/C=C(\NCC1CCCN1C(=O)C(NC(=O)OC)C(C)C)c1ccc2cc(-c3ccc(C4=CN4N(C)[C@@H]4C=C(C)CN4C(=O)CC(C)C)cc3)ccc2c1. The first-order chi connectivity index (χ1) is 26.4. The summed E-state index contributed by atoms with van der Waals surface area (Å²) >= 11 is 0. The molecular weight excluding hydrogens is 691 g/mol. The van der Waals surface area contributed by atoms with Crippen molar-refractivity contribution in [1.82, 2.24) is 30.5 Å². The topological polar surface area (TPSA) is 110 Å². The number of hydrogen-bond donors (Lipinski definition) is 2. The Kier molecular flexibility index (Phi) is 12.1. The molecular formula is C44H55N7O4. The average Bonchev–Trinajstić information content (AvgIpc) is 3.66. The maximum absolute atomic E-state index is 13.5. The van der Waals surface area contributed by atoms with Gasteiger partial charge in [-0.05, 0) is 84.0 Å². The smallest absolute Gasteiger partial charge is 0.407 e.